The van der Waals surface area contributed by atoms with Crippen LogP contribution in [0.3, 0.4) is 0 Å². The van der Waals surface area contributed by atoms with Crippen molar-refractivity contribution in [1.82, 2.24) is 15.8 Å². The van der Waals surface area contributed by atoms with Gasteiger partial charge in [0.15, 0.2) is 0 Å². The Labute approximate surface area is 219 Å². The van der Waals surface area contributed by atoms with Gasteiger partial charge in [-0.05, 0) is 87.7 Å². The first-order valence-electron chi connectivity index (χ1n) is 13.8. The van der Waals surface area contributed by atoms with Gasteiger partial charge in [-0.15, -0.1) is 11.8 Å². The SMILES string of the molecule is CC(C)Sc1c(OCC(C)(C)NC(=O)CCCCN)noc1C(=O)NC1C2CC3CCCC1C(C3)C2. The average Bonchev–Trinajstić information content (AvgIpc) is 3.24. The maximum atomic E-state index is 13.5. The predicted molar refractivity (Wildman–Crippen MR) is 141 cm³/mol. The second-order valence-electron chi connectivity index (χ2n) is 12.0. The Morgan fingerprint density at radius 3 is 2.72 bits per heavy atom. The number of nitrogens with two attached hydrogens (primary N) is 1. The number of fused-ring (bicyclic) bond motifs is 2. The van der Waals surface area contributed by atoms with Gasteiger partial charge in [0, 0.05) is 17.7 Å². The number of unbranched alkanes of at least 4 members (excludes halogenated alkanes) is 1. The van der Waals surface area contributed by atoms with E-state index in [4.69, 9.17) is 15.0 Å². The van der Waals surface area contributed by atoms with E-state index in [1.54, 1.807) is 0 Å². The second kappa shape index (κ2) is 11.8. The van der Waals surface area contributed by atoms with Crippen LogP contribution in [0.4, 0.5) is 0 Å². The largest absolute Gasteiger partial charge is 0.472 e. The summed E-state index contributed by atoms with van der Waals surface area (Å²) in [6, 6.07) is 0.229. The van der Waals surface area contributed by atoms with Gasteiger partial charge >= 0.3 is 0 Å². The van der Waals surface area contributed by atoms with Crippen molar-refractivity contribution in [1.29, 1.82) is 0 Å². The lowest BCUT2D eigenvalue weighted by Crippen LogP contribution is -2.47. The van der Waals surface area contributed by atoms with Crippen molar-refractivity contribution in [2.45, 2.75) is 107 Å². The lowest BCUT2D eigenvalue weighted by molar-refractivity contribution is -0.123. The zero-order valence-corrected chi connectivity index (χ0v) is 23.1. The van der Waals surface area contributed by atoms with Crippen LogP contribution in [0.2, 0.25) is 0 Å². The van der Waals surface area contributed by atoms with Crippen molar-refractivity contribution < 1.29 is 18.8 Å². The zero-order valence-electron chi connectivity index (χ0n) is 22.3. The number of carbonyl (C=O) groups is 2. The highest BCUT2D eigenvalue weighted by Crippen LogP contribution is 2.53. The molecule has 4 N–H and O–H groups in total. The highest BCUT2D eigenvalue weighted by atomic mass is 32.2. The molecule has 3 saturated carbocycles. The Hall–Kier alpha value is -1.74. The minimum absolute atomic E-state index is 0.0271. The molecule has 8 nitrogen and oxygen atoms in total. The van der Waals surface area contributed by atoms with Gasteiger partial charge in [0.1, 0.15) is 11.5 Å². The van der Waals surface area contributed by atoms with Crippen molar-refractivity contribution in [3.63, 3.8) is 0 Å². The van der Waals surface area contributed by atoms with Gasteiger partial charge < -0.3 is 25.6 Å². The second-order valence-corrected chi connectivity index (χ2v) is 13.6. The Balaban J connectivity index is 1.41. The normalized spacial score (nSPS) is 27.2. The van der Waals surface area contributed by atoms with Crippen LogP contribution in [0.15, 0.2) is 9.42 Å². The minimum Gasteiger partial charge on any atom is -0.472 e. The molecule has 1 heterocycles. The molecular weight excluding hydrogens is 476 g/mol. The number of hydrogen-bond acceptors (Lipinski definition) is 7. The molecule has 3 aliphatic carbocycles. The smallest absolute Gasteiger partial charge is 0.291 e. The van der Waals surface area contributed by atoms with Crippen molar-refractivity contribution in [3.8, 4) is 5.88 Å². The molecule has 9 heteroatoms. The standard InChI is InChI=1S/C27H44N4O4S/c1-16(2)36-24-23(25(33)29-22-19-13-17-8-7-9-20(22)18(12-17)14-19)35-31-26(24)34-15-27(3,4)30-21(32)10-5-6-11-28/h16-20,22H,5-15,28H2,1-4H3,(H,29,33)(H,30,32). The quantitative estimate of drug-likeness (QED) is 0.274. The van der Waals surface area contributed by atoms with Crippen molar-refractivity contribution in [3.05, 3.63) is 5.76 Å². The molecule has 3 fully saturated rings. The molecule has 3 bridgehead atoms. The van der Waals surface area contributed by atoms with Crippen LogP contribution in [0.25, 0.3) is 0 Å². The summed E-state index contributed by atoms with van der Waals surface area (Å²) in [5.41, 5.74) is 4.92. The molecule has 4 rings (SSSR count). The topological polar surface area (TPSA) is 119 Å². The summed E-state index contributed by atoms with van der Waals surface area (Å²) in [7, 11) is 0. The van der Waals surface area contributed by atoms with Gasteiger partial charge in [-0.3, -0.25) is 9.59 Å². The van der Waals surface area contributed by atoms with E-state index >= 15 is 0 Å². The number of rotatable bonds is 12. The van der Waals surface area contributed by atoms with Gasteiger partial charge in [0.05, 0.1) is 5.54 Å². The number of thioether (sulfide) groups is 1. The molecule has 5 atom stereocenters. The van der Waals surface area contributed by atoms with Crippen molar-refractivity contribution in [2.24, 2.45) is 29.4 Å². The number of amides is 2. The summed E-state index contributed by atoms with van der Waals surface area (Å²) in [5, 5.41) is 10.7. The third kappa shape index (κ3) is 6.57. The number of aromatic nitrogens is 1. The number of nitrogens with one attached hydrogen (secondary N) is 2. The van der Waals surface area contributed by atoms with Crippen LogP contribution < -0.4 is 21.1 Å². The summed E-state index contributed by atoms with van der Waals surface area (Å²) >= 11 is 1.52. The summed E-state index contributed by atoms with van der Waals surface area (Å²) in [5.74, 6) is 3.09. The van der Waals surface area contributed by atoms with Gasteiger partial charge in [-0.25, -0.2) is 0 Å². The van der Waals surface area contributed by atoms with E-state index in [0.717, 1.165) is 24.7 Å². The lowest BCUT2D eigenvalue weighted by atomic mass is 9.79. The molecular formula is C27H44N4O4S. The third-order valence-corrected chi connectivity index (χ3v) is 9.05. The fourth-order valence-electron chi connectivity index (χ4n) is 6.55. The van der Waals surface area contributed by atoms with E-state index in [0.29, 0.717) is 35.6 Å². The molecule has 0 radical (unpaired) electrons. The molecule has 0 aromatic carbocycles. The molecule has 2 amide bonds. The summed E-state index contributed by atoms with van der Waals surface area (Å²) in [4.78, 5) is 26.4. The predicted octanol–water partition coefficient (Wildman–Crippen LogP) is 4.52. The molecule has 1 aromatic heterocycles. The summed E-state index contributed by atoms with van der Waals surface area (Å²) in [6.45, 7) is 8.75. The van der Waals surface area contributed by atoms with Crippen molar-refractivity contribution in [2.75, 3.05) is 13.2 Å². The monoisotopic (exact) mass is 520 g/mol. The Morgan fingerprint density at radius 2 is 1.97 bits per heavy atom. The fourth-order valence-corrected chi connectivity index (χ4v) is 7.46. The molecule has 202 valence electrons. The van der Waals surface area contributed by atoms with E-state index in [2.05, 4.69) is 29.6 Å². The average molecular weight is 521 g/mol. The van der Waals surface area contributed by atoms with E-state index in [9.17, 15) is 9.59 Å². The first-order chi connectivity index (χ1) is 17.2. The summed E-state index contributed by atoms with van der Waals surface area (Å²) in [6.07, 6.45) is 9.70. The molecule has 3 aliphatic rings. The first kappa shape index (κ1) is 27.3. The molecule has 0 aliphatic heterocycles. The van der Waals surface area contributed by atoms with Gasteiger partial charge in [0.2, 0.25) is 11.7 Å². The van der Waals surface area contributed by atoms with E-state index < -0.39 is 5.54 Å². The van der Waals surface area contributed by atoms with Crippen LogP contribution in [0.5, 0.6) is 5.88 Å². The number of ether oxygens (including phenoxy) is 1. The Morgan fingerprint density at radius 1 is 1.19 bits per heavy atom. The van der Waals surface area contributed by atoms with E-state index in [-0.39, 0.29) is 35.5 Å². The number of hydrogen-bond donors (Lipinski definition) is 3. The highest BCUT2D eigenvalue weighted by molar-refractivity contribution is 8.00. The summed E-state index contributed by atoms with van der Waals surface area (Å²) < 4.78 is 11.6. The van der Waals surface area contributed by atoms with Gasteiger partial charge in [-0.2, -0.15) is 0 Å². The Kier molecular flexibility index (Phi) is 8.92. The molecule has 0 spiro atoms. The Bertz CT molecular complexity index is 918. The van der Waals surface area contributed by atoms with Crippen LogP contribution in [0, 0.1) is 23.7 Å². The molecule has 0 saturated heterocycles. The number of carbonyl (C=O) groups excluding carboxylic acids is 2. The molecule has 1 aromatic rings. The van der Waals surface area contributed by atoms with Crippen LogP contribution in [-0.4, -0.2) is 47.0 Å². The molecule has 36 heavy (non-hydrogen) atoms. The fraction of sp³-hybridized carbons (Fsp3) is 0.815. The number of nitrogens with zero attached hydrogens (tertiary/aromatic N) is 1. The van der Waals surface area contributed by atoms with Crippen molar-refractivity contribution >= 4 is 23.6 Å². The van der Waals surface area contributed by atoms with Crippen LogP contribution >= 0.6 is 11.8 Å². The highest BCUT2D eigenvalue weighted by Gasteiger charge is 2.49. The molecule has 5 unspecified atom stereocenters. The van der Waals surface area contributed by atoms with E-state index in [1.165, 1.54) is 50.3 Å². The zero-order chi connectivity index (χ0) is 25.9. The van der Waals surface area contributed by atoms with Gasteiger partial charge in [0.25, 0.3) is 11.8 Å². The maximum absolute atomic E-state index is 13.5. The van der Waals surface area contributed by atoms with Gasteiger partial charge in [-0.1, -0.05) is 26.7 Å². The lowest BCUT2D eigenvalue weighted by Gasteiger charge is -2.29. The maximum Gasteiger partial charge on any atom is 0.291 e. The van der Waals surface area contributed by atoms with E-state index in [1.807, 2.05) is 13.8 Å². The first-order valence-corrected chi connectivity index (χ1v) is 14.7. The third-order valence-electron chi connectivity index (χ3n) is 7.99. The minimum atomic E-state index is -0.597. The van der Waals surface area contributed by atoms with Crippen LogP contribution in [-0.2, 0) is 4.79 Å². The van der Waals surface area contributed by atoms with Crippen LogP contribution in [0.1, 0.15) is 96.0 Å².